The third-order valence-corrected chi connectivity index (χ3v) is 4.88. The SMILES string of the molecule is Cn1c(=O)n(CCNC(=O)c2ccc[nH]2)c(=O)c2cc(C(=O)O)sc21. The number of carboxylic acids is 1. The van der Waals surface area contributed by atoms with Gasteiger partial charge in [-0.1, -0.05) is 0 Å². The maximum atomic E-state index is 12.5. The fraction of sp³-hybridized carbons (Fsp3) is 0.200. The van der Waals surface area contributed by atoms with E-state index in [1.165, 1.54) is 17.7 Å². The van der Waals surface area contributed by atoms with Crippen LogP contribution in [0.15, 0.2) is 34.0 Å². The summed E-state index contributed by atoms with van der Waals surface area (Å²) >= 11 is 0.872. The summed E-state index contributed by atoms with van der Waals surface area (Å²) in [6.45, 7) is 0.0561. The average molecular weight is 362 g/mol. The zero-order valence-corrected chi connectivity index (χ0v) is 13.9. The van der Waals surface area contributed by atoms with Crippen LogP contribution in [0.1, 0.15) is 20.2 Å². The maximum absolute atomic E-state index is 12.5. The Morgan fingerprint density at radius 2 is 2.12 bits per heavy atom. The Balaban J connectivity index is 1.89. The number of aromatic amines is 1. The third kappa shape index (κ3) is 2.98. The second kappa shape index (κ2) is 6.40. The molecule has 0 aliphatic rings. The molecule has 3 heterocycles. The van der Waals surface area contributed by atoms with E-state index in [0.717, 1.165) is 15.9 Å². The number of carbonyl (C=O) groups is 2. The van der Waals surface area contributed by atoms with Crippen LogP contribution in [0.25, 0.3) is 10.2 Å². The highest BCUT2D eigenvalue weighted by molar-refractivity contribution is 7.20. The predicted molar refractivity (Wildman–Crippen MR) is 91.4 cm³/mol. The molecule has 0 radical (unpaired) electrons. The van der Waals surface area contributed by atoms with Crippen molar-refractivity contribution in [2.24, 2.45) is 7.05 Å². The predicted octanol–water partition coefficient (Wildman–Crippen LogP) is 0.218. The summed E-state index contributed by atoms with van der Waals surface area (Å²) in [7, 11) is 1.47. The molecule has 0 aromatic carbocycles. The first-order valence-corrected chi connectivity index (χ1v) is 8.10. The van der Waals surface area contributed by atoms with E-state index in [9.17, 15) is 19.2 Å². The minimum atomic E-state index is -1.15. The number of carbonyl (C=O) groups excluding carboxylic acids is 1. The lowest BCUT2D eigenvalue weighted by atomic mass is 10.3. The molecule has 0 aliphatic heterocycles. The van der Waals surface area contributed by atoms with Crippen molar-refractivity contribution in [1.29, 1.82) is 0 Å². The molecule has 0 fully saturated rings. The van der Waals surface area contributed by atoms with Gasteiger partial charge in [-0.15, -0.1) is 11.3 Å². The standard InChI is InChI=1S/C15H14N4O5S/c1-18-13-8(7-10(25-13)14(22)23)12(21)19(15(18)24)6-5-17-11(20)9-3-2-4-16-9/h2-4,7,16H,5-6H2,1H3,(H,17,20)(H,22,23). The largest absolute Gasteiger partial charge is 0.477 e. The molecule has 0 bridgehead atoms. The Morgan fingerprint density at radius 3 is 2.76 bits per heavy atom. The van der Waals surface area contributed by atoms with Crippen LogP contribution in [-0.4, -0.2) is 37.6 Å². The van der Waals surface area contributed by atoms with Gasteiger partial charge in [-0.3, -0.25) is 18.7 Å². The number of nitrogens with zero attached hydrogens (tertiary/aromatic N) is 2. The van der Waals surface area contributed by atoms with Crippen molar-refractivity contribution in [3.8, 4) is 0 Å². The van der Waals surface area contributed by atoms with Crippen LogP contribution in [0.5, 0.6) is 0 Å². The zero-order chi connectivity index (χ0) is 18.1. The van der Waals surface area contributed by atoms with Gasteiger partial charge in [-0.05, 0) is 18.2 Å². The molecular formula is C15H14N4O5S. The van der Waals surface area contributed by atoms with E-state index >= 15 is 0 Å². The van der Waals surface area contributed by atoms with E-state index in [-0.39, 0.29) is 29.3 Å². The Bertz CT molecular complexity index is 1070. The Kier molecular flexibility index (Phi) is 4.28. The van der Waals surface area contributed by atoms with Gasteiger partial charge < -0.3 is 15.4 Å². The van der Waals surface area contributed by atoms with Crippen LogP contribution in [-0.2, 0) is 13.6 Å². The van der Waals surface area contributed by atoms with Crippen LogP contribution in [0, 0.1) is 0 Å². The van der Waals surface area contributed by atoms with Crippen molar-refractivity contribution in [2.45, 2.75) is 6.54 Å². The Morgan fingerprint density at radius 1 is 1.36 bits per heavy atom. The highest BCUT2D eigenvalue weighted by atomic mass is 32.1. The van der Waals surface area contributed by atoms with Crippen LogP contribution in [0.3, 0.4) is 0 Å². The summed E-state index contributed by atoms with van der Waals surface area (Å²) < 4.78 is 2.22. The molecule has 3 N–H and O–H groups in total. The minimum absolute atomic E-state index is 0.0140. The first-order chi connectivity index (χ1) is 11.9. The van der Waals surface area contributed by atoms with Crippen molar-refractivity contribution in [1.82, 2.24) is 19.4 Å². The van der Waals surface area contributed by atoms with Gasteiger partial charge in [0.15, 0.2) is 0 Å². The number of hydrogen-bond donors (Lipinski definition) is 3. The molecule has 0 spiro atoms. The van der Waals surface area contributed by atoms with Crippen molar-refractivity contribution in [3.63, 3.8) is 0 Å². The summed E-state index contributed by atoms with van der Waals surface area (Å²) in [6.07, 6.45) is 1.61. The summed E-state index contributed by atoms with van der Waals surface area (Å²) in [4.78, 5) is 50.8. The lowest BCUT2D eigenvalue weighted by Gasteiger charge is -2.09. The molecule has 9 nitrogen and oxygen atoms in total. The van der Waals surface area contributed by atoms with Gasteiger partial charge in [0.25, 0.3) is 11.5 Å². The number of fused-ring (bicyclic) bond motifs is 1. The Labute approximate surface area is 144 Å². The number of H-pyrrole nitrogens is 1. The van der Waals surface area contributed by atoms with Crippen LogP contribution in [0.4, 0.5) is 0 Å². The van der Waals surface area contributed by atoms with E-state index in [0.29, 0.717) is 10.5 Å². The van der Waals surface area contributed by atoms with Crippen molar-refractivity contribution >= 4 is 33.4 Å². The van der Waals surface area contributed by atoms with Gasteiger partial charge in [-0.2, -0.15) is 0 Å². The molecule has 0 unspecified atom stereocenters. The third-order valence-electron chi connectivity index (χ3n) is 3.68. The van der Waals surface area contributed by atoms with Gasteiger partial charge in [0.2, 0.25) is 0 Å². The van der Waals surface area contributed by atoms with E-state index in [2.05, 4.69) is 10.3 Å². The summed E-state index contributed by atoms with van der Waals surface area (Å²) in [5.41, 5.74) is -0.763. The molecule has 0 aliphatic carbocycles. The highest BCUT2D eigenvalue weighted by Gasteiger charge is 2.17. The average Bonchev–Trinajstić information content (AvgIpc) is 3.25. The molecule has 10 heteroatoms. The van der Waals surface area contributed by atoms with Gasteiger partial charge >= 0.3 is 11.7 Å². The smallest absolute Gasteiger partial charge is 0.345 e. The molecule has 3 aromatic rings. The van der Waals surface area contributed by atoms with Gasteiger partial charge in [-0.25, -0.2) is 9.59 Å². The number of thiophene rings is 1. The van der Waals surface area contributed by atoms with Crippen LogP contribution >= 0.6 is 11.3 Å². The number of amides is 1. The van der Waals surface area contributed by atoms with Gasteiger partial charge in [0.05, 0.1) is 5.39 Å². The Hall–Kier alpha value is -3.14. The molecule has 130 valence electrons. The molecule has 25 heavy (non-hydrogen) atoms. The van der Waals surface area contributed by atoms with Crippen LogP contribution in [0.2, 0.25) is 0 Å². The monoisotopic (exact) mass is 362 g/mol. The maximum Gasteiger partial charge on any atom is 0.345 e. The van der Waals surface area contributed by atoms with E-state index in [1.807, 2.05) is 0 Å². The van der Waals surface area contributed by atoms with Gasteiger partial charge in [0, 0.05) is 26.3 Å². The number of aromatic carboxylic acids is 1. The number of aryl methyl sites for hydroxylation is 1. The number of rotatable bonds is 5. The fourth-order valence-electron chi connectivity index (χ4n) is 2.43. The fourth-order valence-corrected chi connectivity index (χ4v) is 3.38. The molecular weight excluding hydrogens is 348 g/mol. The molecule has 1 amide bonds. The highest BCUT2D eigenvalue weighted by Crippen LogP contribution is 2.21. The molecule has 3 aromatic heterocycles. The molecule has 3 rings (SSSR count). The normalized spacial score (nSPS) is 10.9. The second-order valence-electron chi connectivity index (χ2n) is 5.27. The number of hydrogen-bond acceptors (Lipinski definition) is 5. The first-order valence-electron chi connectivity index (χ1n) is 7.28. The lowest BCUT2D eigenvalue weighted by Crippen LogP contribution is -2.41. The zero-order valence-electron chi connectivity index (χ0n) is 13.1. The summed E-state index contributed by atoms with van der Waals surface area (Å²) in [5.74, 6) is -1.50. The van der Waals surface area contributed by atoms with E-state index in [4.69, 9.17) is 5.11 Å². The quantitative estimate of drug-likeness (QED) is 0.598. The second-order valence-corrected chi connectivity index (χ2v) is 6.30. The molecule has 0 saturated heterocycles. The van der Waals surface area contributed by atoms with Crippen molar-refractivity contribution in [2.75, 3.05) is 6.54 Å². The molecule has 0 saturated carbocycles. The minimum Gasteiger partial charge on any atom is -0.477 e. The van der Waals surface area contributed by atoms with E-state index in [1.54, 1.807) is 18.3 Å². The van der Waals surface area contributed by atoms with Gasteiger partial charge in [0.1, 0.15) is 15.4 Å². The number of aromatic nitrogens is 3. The number of nitrogens with one attached hydrogen (secondary N) is 2. The van der Waals surface area contributed by atoms with Crippen molar-refractivity contribution < 1.29 is 14.7 Å². The summed E-state index contributed by atoms with van der Waals surface area (Å²) in [5, 5.41) is 11.8. The topological polar surface area (TPSA) is 126 Å². The number of carboxylic acid groups (broad SMARTS) is 1. The van der Waals surface area contributed by atoms with Crippen molar-refractivity contribution in [3.05, 3.63) is 55.8 Å². The lowest BCUT2D eigenvalue weighted by molar-refractivity contribution is 0.0702. The molecule has 0 atom stereocenters. The van der Waals surface area contributed by atoms with Crippen LogP contribution < -0.4 is 16.6 Å². The summed E-state index contributed by atoms with van der Waals surface area (Å²) in [6, 6.07) is 4.54. The first kappa shape index (κ1) is 16.7. The van der Waals surface area contributed by atoms with E-state index < -0.39 is 17.2 Å².